The molecule has 0 spiro atoms. The van der Waals surface area contributed by atoms with E-state index in [4.69, 9.17) is 0 Å². The van der Waals surface area contributed by atoms with Gasteiger partial charge in [-0.2, -0.15) is 0 Å². The first-order valence-electron chi connectivity index (χ1n) is 7.84. The van der Waals surface area contributed by atoms with Crippen LogP contribution in [0.15, 0.2) is 71.9 Å². The summed E-state index contributed by atoms with van der Waals surface area (Å²) in [6, 6.07) is 0. The number of aliphatic hydroxyl groups excluding tert-OH is 1. The molecule has 1 aliphatic rings. The summed E-state index contributed by atoms with van der Waals surface area (Å²) in [4.78, 5) is 0. The van der Waals surface area contributed by atoms with Crippen molar-refractivity contribution in [2.24, 2.45) is 5.92 Å². The van der Waals surface area contributed by atoms with Gasteiger partial charge >= 0.3 is 0 Å². The second-order valence-electron chi connectivity index (χ2n) is 3.88. The van der Waals surface area contributed by atoms with Gasteiger partial charge in [-0.05, 0) is 36.1 Å². The normalized spacial score (nSPS) is 15.0. The lowest BCUT2D eigenvalue weighted by molar-refractivity contribution is 0.268. The van der Waals surface area contributed by atoms with Crippen LogP contribution < -0.4 is 0 Å². The topological polar surface area (TPSA) is 20.2 Å². The van der Waals surface area contributed by atoms with Crippen LogP contribution in [-0.2, 0) is 0 Å². The van der Waals surface area contributed by atoms with Crippen LogP contribution in [-0.4, -0.2) is 11.7 Å². The molecule has 0 amide bonds. The van der Waals surface area contributed by atoms with E-state index in [1.807, 2.05) is 78.0 Å². The molecule has 21 heavy (non-hydrogen) atoms. The Bertz CT molecular complexity index is 391. The molecule has 0 atom stereocenters. The van der Waals surface area contributed by atoms with Crippen molar-refractivity contribution in [1.29, 1.82) is 0 Å². The van der Waals surface area contributed by atoms with Crippen LogP contribution in [0.5, 0.6) is 0 Å². The summed E-state index contributed by atoms with van der Waals surface area (Å²) in [5, 5.41) is 9.58. The van der Waals surface area contributed by atoms with E-state index >= 15 is 0 Å². The third-order valence-corrected chi connectivity index (χ3v) is 2.95. The number of hydrogen-bond donors (Lipinski definition) is 1. The lowest BCUT2D eigenvalue weighted by atomic mass is 9.95. The minimum atomic E-state index is 0.0309. The van der Waals surface area contributed by atoms with Gasteiger partial charge < -0.3 is 5.11 Å². The molecule has 0 fully saturated rings. The summed E-state index contributed by atoms with van der Waals surface area (Å²) < 4.78 is 0. The average molecular weight is 288 g/mol. The minimum absolute atomic E-state index is 0.0309. The summed E-state index contributed by atoms with van der Waals surface area (Å²) in [5.41, 5.74) is 4.39. The Balaban J connectivity index is 0. The molecule has 0 saturated carbocycles. The maximum Gasteiger partial charge on any atom is 0.0540 e. The SMILES string of the molecule is C=CC1=C(/C=C\C)C(CO)C(/C=C\C)=C1C=C.CC.CC. The molecular weight excluding hydrogens is 256 g/mol. The fraction of sp³-hybridized carbons (Fsp3) is 0.400. The van der Waals surface area contributed by atoms with E-state index in [0.29, 0.717) is 0 Å². The first-order valence-corrected chi connectivity index (χ1v) is 7.84. The van der Waals surface area contributed by atoms with E-state index in [0.717, 1.165) is 22.3 Å². The molecule has 0 heterocycles. The molecular formula is C20H32O. The van der Waals surface area contributed by atoms with E-state index in [9.17, 15) is 5.11 Å². The lowest BCUT2D eigenvalue weighted by Gasteiger charge is -2.12. The van der Waals surface area contributed by atoms with Crippen molar-refractivity contribution in [3.63, 3.8) is 0 Å². The van der Waals surface area contributed by atoms with E-state index in [1.54, 1.807) is 0 Å². The molecule has 1 rings (SSSR count). The molecule has 0 aliphatic heterocycles. The van der Waals surface area contributed by atoms with Crippen LogP contribution in [0.3, 0.4) is 0 Å². The van der Waals surface area contributed by atoms with Crippen molar-refractivity contribution in [2.45, 2.75) is 41.5 Å². The number of allylic oxidation sites excluding steroid dienone is 8. The molecule has 0 radical (unpaired) electrons. The first kappa shape index (κ1) is 21.7. The van der Waals surface area contributed by atoms with Gasteiger partial charge in [-0.1, -0.05) is 77.3 Å². The highest BCUT2D eigenvalue weighted by Gasteiger charge is 2.27. The molecule has 0 saturated heterocycles. The van der Waals surface area contributed by atoms with Crippen LogP contribution in [0.4, 0.5) is 0 Å². The van der Waals surface area contributed by atoms with Gasteiger partial charge in [0, 0.05) is 5.92 Å². The summed E-state index contributed by atoms with van der Waals surface area (Å²) >= 11 is 0. The van der Waals surface area contributed by atoms with Crippen LogP contribution in [0.2, 0.25) is 0 Å². The van der Waals surface area contributed by atoms with Gasteiger partial charge in [-0.25, -0.2) is 0 Å². The maximum absolute atomic E-state index is 9.58. The largest absolute Gasteiger partial charge is 0.395 e. The number of aliphatic hydroxyl groups is 1. The van der Waals surface area contributed by atoms with E-state index < -0.39 is 0 Å². The van der Waals surface area contributed by atoms with Crippen LogP contribution in [0, 0.1) is 5.92 Å². The average Bonchev–Trinajstić information content (AvgIpc) is 2.84. The zero-order valence-electron chi connectivity index (χ0n) is 14.6. The summed E-state index contributed by atoms with van der Waals surface area (Å²) in [5.74, 6) is 0.0309. The Morgan fingerprint density at radius 1 is 0.857 bits per heavy atom. The van der Waals surface area contributed by atoms with E-state index in [-0.39, 0.29) is 12.5 Å². The highest BCUT2D eigenvalue weighted by Crippen LogP contribution is 2.39. The second kappa shape index (κ2) is 13.4. The smallest absolute Gasteiger partial charge is 0.0540 e. The van der Waals surface area contributed by atoms with Crippen molar-refractivity contribution < 1.29 is 5.11 Å². The highest BCUT2D eigenvalue weighted by molar-refractivity contribution is 5.63. The third-order valence-electron chi connectivity index (χ3n) is 2.95. The zero-order chi connectivity index (χ0) is 16.8. The molecule has 1 N–H and O–H groups in total. The molecule has 0 aromatic rings. The van der Waals surface area contributed by atoms with Crippen molar-refractivity contribution in [3.8, 4) is 0 Å². The highest BCUT2D eigenvalue weighted by atomic mass is 16.3. The number of rotatable bonds is 5. The van der Waals surface area contributed by atoms with Crippen molar-refractivity contribution in [1.82, 2.24) is 0 Å². The lowest BCUT2D eigenvalue weighted by Crippen LogP contribution is -2.07. The summed E-state index contributed by atoms with van der Waals surface area (Å²) in [7, 11) is 0. The first-order chi connectivity index (χ1) is 10.2. The minimum Gasteiger partial charge on any atom is -0.395 e. The van der Waals surface area contributed by atoms with E-state index in [1.165, 1.54) is 0 Å². The van der Waals surface area contributed by atoms with Crippen LogP contribution in [0.1, 0.15) is 41.5 Å². The van der Waals surface area contributed by atoms with Crippen molar-refractivity contribution in [2.75, 3.05) is 6.61 Å². The van der Waals surface area contributed by atoms with Crippen molar-refractivity contribution >= 4 is 0 Å². The molecule has 118 valence electrons. The Morgan fingerprint density at radius 3 is 1.38 bits per heavy atom. The Labute approximate surface area is 131 Å². The predicted octanol–water partition coefficient (Wildman–Crippen LogP) is 5.78. The standard InChI is InChI=1S/C16H20O.2C2H6/c1-5-9-14-12(7-3)13(8-4)15(10-6-2)16(14)11-17;2*1-2/h5-10,16-17H,3-4,11H2,1-2H3;2*1-2H3/b9-5-,10-6-;;. The van der Waals surface area contributed by atoms with Crippen LogP contribution >= 0.6 is 0 Å². The molecule has 0 unspecified atom stereocenters. The van der Waals surface area contributed by atoms with Gasteiger partial charge in [-0.15, -0.1) is 0 Å². The van der Waals surface area contributed by atoms with Gasteiger partial charge in [-0.3, -0.25) is 0 Å². The second-order valence-corrected chi connectivity index (χ2v) is 3.88. The number of hydrogen-bond acceptors (Lipinski definition) is 1. The third kappa shape index (κ3) is 5.35. The molecule has 1 aliphatic carbocycles. The van der Waals surface area contributed by atoms with Gasteiger partial charge in [0.25, 0.3) is 0 Å². The molecule has 0 aromatic heterocycles. The molecule has 1 heteroatoms. The monoisotopic (exact) mass is 288 g/mol. The van der Waals surface area contributed by atoms with Crippen LogP contribution in [0.25, 0.3) is 0 Å². The maximum atomic E-state index is 9.58. The van der Waals surface area contributed by atoms with Gasteiger partial charge in [0.15, 0.2) is 0 Å². The summed E-state index contributed by atoms with van der Waals surface area (Å²) in [6.07, 6.45) is 11.7. The van der Waals surface area contributed by atoms with Crippen molar-refractivity contribution in [3.05, 3.63) is 71.9 Å². The van der Waals surface area contributed by atoms with Gasteiger partial charge in [0.05, 0.1) is 6.61 Å². The quantitative estimate of drug-likeness (QED) is 0.680. The molecule has 0 bridgehead atoms. The fourth-order valence-corrected chi connectivity index (χ4v) is 2.28. The Hall–Kier alpha value is -1.60. The molecule has 0 aromatic carbocycles. The summed E-state index contributed by atoms with van der Waals surface area (Å²) in [6.45, 7) is 19.8. The Kier molecular flexibility index (Phi) is 13.8. The predicted molar refractivity (Wildman–Crippen MR) is 97.3 cm³/mol. The Morgan fingerprint density at radius 2 is 1.19 bits per heavy atom. The van der Waals surface area contributed by atoms with Gasteiger partial charge in [0.1, 0.15) is 0 Å². The zero-order valence-corrected chi connectivity index (χ0v) is 14.6. The van der Waals surface area contributed by atoms with Gasteiger partial charge in [0.2, 0.25) is 0 Å². The molecule has 1 nitrogen and oxygen atoms in total. The van der Waals surface area contributed by atoms with E-state index in [2.05, 4.69) is 13.2 Å². The fourth-order valence-electron chi connectivity index (χ4n) is 2.28.